The minimum Gasteiger partial charge on any atom is -0.465 e. The molecule has 5 nitrogen and oxygen atoms in total. The third-order valence-corrected chi connectivity index (χ3v) is 3.01. The molecule has 0 atom stereocenters. The maximum atomic E-state index is 12.9. The summed E-state index contributed by atoms with van der Waals surface area (Å²) in [7, 11) is 1.27. The molecule has 0 unspecified atom stereocenters. The normalized spacial score (nSPS) is 10.1. The Hall–Kier alpha value is -2.73. The minimum atomic E-state index is -0.521. The molecule has 0 aromatic heterocycles. The van der Waals surface area contributed by atoms with Gasteiger partial charge >= 0.3 is 5.97 Å². The third-order valence-electron chi connectivity index (χ3n) is 3.01. The van der Waals surface area contributed by atoms with Crippen LogP contribution in [0.25, 0.3) is 0 Å². The molecule has 2 rings (SSSR count). The summed E-state index contributed by atoms with van der Waals surface area (Å²) in [6.45, 7) is 0.213. The van der Waals surface area contributed by atoms with Crippen LogP contribution in [0.4, 0.5) is 10.1 Å². The Bertz CT molecular complexity index is 699. The highest BCUT2D eigenvalue weighted by atomic mass is 19.1. The van der Waals surface area contributed by atoms with Crippen molar-refractivity contribution in [2.24, 2.45) is 5.73 Å². The third kappa shape index (κ3) is 3.67. The zero-order chi connectivity index (χ0) is 16.1. The van der Waals surface area contributed by atoms with E-state index >= 15 is 0 Å². The van der Waals surface area contributed by atoms with Crippen LogP contribution < -0.4 is 11.1 Å². The molecular weight excluding hydrogens is 287 g/mol. The average Bonchev–Trinajstić information content (AvgIpc) is 2.54. The number of nitrogens with one attached hydrogen (secondary N) is 1. The van der Waals surface area contributed by atoms with Gasteiger partial charge in [-0.25, -0.2) is 9.18 Å². The average molecular weight is 302 g/mol. The molecule has 0 saturated heterocycles. The number of amides is 1. The number of nitrogens with two attached hydrogens (primary N) is 1. The molecule has 6 heteroatoms. The van der Waals surface area contributed by atoms with Crippen LogP contribution in [0.15, 0.2) is 42.5 Å². The number of ether oxygens (including phenoxy) is 1. The van der Waals surface area contributed by atoms with Crippen LogP contribution in [0.3, 0.4) is 0 Å². The number of esters is 1. The van der Waals surface area contributed by atoms with Crippen LogP contribution in [0, 0.1) is 5.82 Å². The molecule has 0 bridgehead atoms. The van der Waals surface area contributed by atoms with Crippen molar-refractivity contribution in [3.63, 3.8) is 0 Å². The molecule has 0 spiro atoms. The second-order valence-corrected chi connectivity index (χ2v) is 4.58. The molecule has 114 valence electrons. The van der Waals surface area contributed by atoms with Crippen LogP contribution in [0.1, 0.15) is 26.3 Å². The lowest BCUT2D eigenvalue weighted by atomic mass is 10.1. The highest BCUT2D eigenvalue weighted by Gasteiger charge is 2.11. The molecule has 0 fully saturated rings. The van der Waals surface area contributed by atoms with Crippen LogP contribution in [-0.2, 0) is 11.3 Å². The highest BCUT2D eigenvalue weighted by molar-refractivity contribution is 6.04. The van der Waals surface area contributed by atoms with Gasteiger partial charge in [-0.05, 0) is 48.0 Å². The van der Waals surface area contributed by atoms with Gasteiger partial charge < -0.3 is 15.8 Å². The molecule has 0 heterocycles. The standard InChI is InChI=1S/C16H15FN2O3/c1-22-16(21)12-6-10(9-18)7-14(8-12)19-15(20)11-2-4-13(17)5-3-11/h2-8H,9,18H2,1H3,(H,19,20). The van der Waals surface area contributed by atoms with E-state index in [1.54, 1.807) is 12.1 Å². The van der Waals surface area contributed by atoms with E-state index in [2.05, 4.69) is 10.1 Å². The van der Waals surface area contributed by atoms with Crippen molar-refractivity contribution in [1.82, 2.24) is 0 Å². The van der Waals surface area contributed by atoms with Crippen molar-refractivity contribution in [2.45, 2.75) is 6.54 Å². The fourth-order valence-corrected chi connectivity index (χ4v) is 1.92. The summed E-state index contributed by atoms with van der Waals surface area (Å²) in [6.07, 6.45) is 0. The Morgan fingerprint density at radius 1 is 1.14 bits per heavy atom. The lowest BCUT2D eigenvalue weighted by Gasteiger charge is -2.09. The number of carbonyl (C=O) groups excluding carboxylic acids is 2. The van der Waals surface area contributed by atoms with Gasteiger partial charge in [-0.2, -0.15) is 0 Å². The quantitative estimate of drug-likeness (QED) is 0.849. The number of hydrogen-bond acceptors (Lipinski definition) is 4. The van der Waals surface area contributed by atoms with Crippen LogP contribution in [0.5, 0.6) is 0 Å². The molecular formula is C16H15FN2O3. The van der Waals surface area contributed by atoms with Gasteiger partial charge in [-0.15, -0.1) is 0 Å². The molecule has 0 radical (unpaired) electrons. The number of benzene rings is 2. The van der Waals surface area contributed by atoms with E-state index in [1.165, 1.54) is 37.4 Å². The number of carbonyl (C=O) groups is 2. The Morgan fingerprint density at radius 2 is 1.82 bits per heavy atom. The first-order valence-electron chi connectivity index (χ1n) is 6.52. The number of hydrogen-bond donors (Lipinski definition) is 2. The zero-order valence-electron chi connectivity index (χ0n) is 11.9. The van der Waals surface area contributed by atoms with Crippen molar-refractivity contribution < 1.29 is 18.7 Å². The number of methoxy groups -OCH3 is 1. The van der Waals surface area contributed by atoms with Crippen molar-refractivity contribution in [3.8, 4) is 0 Å². The molecule has 22 heavy (non-hydrogen) atoms. The Kier molecular flexibility index (Phi) is 4.85. The first-order chi connectivity index (χ1) is 10.5. The summed E-state index contributed by atoms with van der Waals surface area (Å²) in [4.78, 5) is 23.7. The largest absolute Gasteiger partial charge is 0.465 e. The van der Waals surface area contributed by atoms with Crippen LogP contribution >= 0.6 is 0 Å². The Labute approximate surface area is 126 Å². The lowest BCUT2D eigenvalue weighted by Crippen LogP contribution is -2.13. The van der Waals surface area contributed by atoms with Gasteiger partial charge in [0.25, 0.3) is 5.91 Å². The SMILES string of the molecule is COC(=O)c1cc(CN)cc(NC(=O)c2ccc(F)cc2)c1. The predicted octanol–water partition coefficient (Wildman–Crippen LogP) is 2.32. The van der Waals surface area contributed by atoms with E-state index in [4.69, 9.17) is 5.73 Å². The fourth-order valence-electron chi connectivity index (χ4n) is 1.92. The van der Waals surface area contributed by atoms with Crippen molar-refractivity contribution in [3.05, 3.63) is 65.0 Å². The summed E-state index contributed by atoms with van der Waals surface area (Å²) < 4.78 is 17.5. The van der Waals surface area contributed by atoms with Crippen LogP contribution in [-0.4, -0.2) is 19.0 Å². The van der Waals surface area contributed by atoms with E-state index in [0.717, 1.165) is 0 Å². The monoisotopic (exact) mass is 302 g/mol. The molecule has 0 aliphatic rings. The first kappa shape index (κ1) is 15.7. The van der Waals surface area contributed by atoms with E-state index < -0.39 is 17.7 Å². The first-order valence-corrected chi connectivity index (χ1v) is 6.52. The summed E-state index contributed by atoms with van der Waals surface area (Å²) in [6, 6.07) is 9.90. The van der Waals surface area contributed by atoms with Crippen LogP contribution in [0.2, 0.25) is 0 Å². The fraction of sp³-hybridized carbons (Fsp3) is 0.125. The van der Waals surface area contributed by atoms with E-state index in [-0.39, 0.29) is 6.54 Å². The Balaban J connectivity index is 2.26. The van der Waals surface area contributed by atoms with Gasteiger partial charge in [0.2, 0.25) is 0 Å². The molecule has 2 aromatic rings. The number of halogens is 1. The second kappa shape index (κ2) is 6.82. The van der Waals surface area contributed by atoms with Crippen molar-refractivity contribution >= 4 is 17.6 Å². The van der Waals surface area contributed by atoms with Crippen molar-refractivity contribution in [1.29, 1.82) is 0 Å². The van der Waals surface area contributed by atoms with Crippen molar-refractivity contribution in [2.75, 3.05) is 12.4 Å². The van der Waals surface area contributed by atoms with E-state index in [9.17, 15) is 14.0 Å². The van der Waals surface area contributed by atoms with Gasteiger partial charge in [0.1, 0.15) is 5.82 Å². The summed E-state index contributed by atoms with van der Waals surface area (Å²) in [5.41, 5.74) is 7.27. The maximum absolute atomic E-state index is 12.9. The lowest BCUT2D eigenvalue weighted by molar-refractivity contribution is 0.0600. The summed E-state index contributed by atoms with van der Waals surface area (Å²) in [5, 5.41) is 2.65. The number of rotatable bonds is 4. The number of anilines is 1. The summed E-state index contributed by atoms with van der Waals surface area (Å²) >= 11 is 0. The van der Waals surface area contributed by atoms with Gasteiger partial charge in [0.05, 0.1) is 12.7 Å². The van der Waals surface area contributed by atoms with Gasteiger partial charge in [-0.1, -0.05) is 0 Å². The highest BCUT2D eigenvalue weighted by Crippen LogP contribution is 2.17. The molecule has 3 N–H and O–H groups in total. The smallest absolute Gasteiger partial charge is 0.337 e. The van der Waals surface area contributed by atoms with Gasteiger partial charge in [0, 0.05) is 17.8 Å². The summed E-state index contributed by atoms with van der Waals surface area (Å²) in [5.74, 6) is -1.35. The molecule has 2 aromatic carbocycles. The topological polar surface area (TPSA) is 81.4 Å². The maximum Gasteiger partial charge on any atom is 0.337 e. The molecule has 0 saturated carbocycles. The van der Waals surface area contributed by atoms with E-state index in [1.807, 2.05) is 0 Å². The Morgan fingerprint density at radius 3 is 2.41 bits per heavy atom. The van der Waals surface area contributed by atoms with Gasteiger partial charge in [-0.3, -0.25) is 4.79 Å². The predicted molar refractivity (Wildman–Crippen MR) is 80.0 cm³/mol. The van der Waals surface area contributed by atoms with Gasteiger partial charge in [0.15, 0.2) is 0 Å². The minimum absolute atomic E-state index is 0.213. The van der Waals surface area contributed by atoms with E-state index in [0.29, 0.717) is 22.4 Å². The zero-order valence-corrected chi connectivity index (χ0v) is 11.9. The molecule has 1 amide bonds. The molecule has 0 aliphatic carbocycles. The second-order valence-electron chi connectivity index (χ2n) is 4.58. The molecule has 0 aliphatic heterocycles.